The fourth-order valence-corrected chi connectivity index (χ4v) is 4.02. The van der Waals surface area contributed by atoms with Crippen molar-refractivity contribution in [3.05, 3.63) is 0 Å². The summed E-state index contributed by atoms with van der Waals surface area (Å²) in [5, 5.41) is 8.98. The molecular weight excluding hydrogens is 422 g/mol. The lowest BCUT2D eigenvalue weighted by molar-refractivity contribution is -0.138. The Morgan fingerprint density at radius 3 is 1.71 bits per heavy atom. The third kappa shape index (κ3) is 19.2. The zero-order valence-corrected chi connectivity index (χ0v) is 20.0. The van der Waals surface area contributed by atoms with E-state index in [-0.39, 0.29) is 6.54 Å². The molecule has 0 aromatic carbocycles. The van der Waals surface area contributed by atoms with Crippen molar-refractivity contribution in [2.75, 3.05) is 19.8 Å². The Hall–Kier alpha value is -1.19. The van der Waals surface area contributed by atoms with Crippen LogP contribution in [0.3, 0.4) is 0 Å². The highest BCUT2D eigenvalue weighted by Crippen LogP contribution is 2.12. The first-order valence-corrected chi connectivity index (χ1v) is 13.3. The molecule has 0 saturated heterocycles. The van der Waals surface area contributed by atoms with E-state index in [2.05, 4.69) is 12.2 Å². The van der Waals surface area contributed by atoms with Gasteiger partial charge in [-0.15, -0.1) is 0 Å². The molecule has 31 heavy (non-hydrogen) atoms. The number of unbranched alkanes of at least 4 members (excludes halogenated alkanes) is 12. The predicted molar refractivity (Wildman–Crippen MR) is 122 cm³/mol. The van der Waals surface area contributed by atoms with E-state index in [0.717, 1.165) is 12.8 Å². The fourth-order valence-electron chi connectivity index (χ4n) is 3.32. The predicted octanol–water partition coefficient (Wildman–Crippen LogP) is 4.33. The van der Waals surface area contributed by atoms with Crippen LogP contribution in [0.1, 0.15) is 103 Å². The van der Waals surface area contributed by atoms with E-state index in [1.165, 1.54) is 70.6 Å². The van der Waals surface area contributed by atoms with Gasteiger partial charge in [0, 0.05) is 19.8 Å². The topological polar surface area (TPSA) is 130 Å². The summed E-state index contributed by atoms with van der Waals surface area (Å²) in [5.41, 5.74) is 0. The summed E-state index contributed by atoms with van der Waals surface area (Å²) >= 11 is 0. The molecule has 8 nitrogen and oxygen atoms in total. The van der Waals surface area contributed by atoms with Crippen molar-refractivity contribution in [1.82, 2.24) is 5.32 Å². The lowest BCUT2D eigenvalue weighted by Crippen LogP contribution is -2.41. The summed E-state index contributed by atoms with van der Waals surface area (Å²) in [6.07, 6.45) is 16.3. The zero-order valence-electron chi connectivity index (χ0n) is 19.1. The Bertz CT molecular complexity index is 566. The third-order valence-electron chi connectivity index (χ3n) is 5.17. The van der Waals surface area contributed by atoms with Crippen molar-refractivity contribution in [2.45, 2.75) is 108 Å². The van der Waals surface area contributed by atoms with Crippen LogP contribution >= 0.6 is 0 Å². The molecule has 0 aliphatic heterocycles. The summed E-state index contributed by atoms with van der Waals surface area (Å²) in [7, 11) is -4.76. The van der Waals surface area contributed by atoms with Gasteiger partial charge in [-0.3, -0.25) is 14.1 Å². The maximum atomic E-state index is 11.7. The highest BCUT2D eigenvalue weighted by Gasteiger charge is 2.33. The van der Waals surface area contributed by atoms with E-state index < -0.39 is 33.7 Å². The highest BCUT2D eigenvalue weighted by atomic mass is 32.2. The van der Waals surface area contributed by atoms with Gasteiger partial charge in [0.25, 0.3) is 10.1 Å². The van der Waals surface area contributed by atoms with Crippen molar-refractivity contribution in [2.24, 2.45) is 0 Å². The average molecular weight is 466 g/mol. The molecule has 0 bridgehead atoms. The number of nitrogens with one attached hydrogen (secondary N) is 1. The van der Waals surface area contributed by atoms with Crippen LogP contribution in [-0.2, 0) is 24.4 Å². The molecule has 0 aromatic heterocycles. The van der Waals surface area contributed by atoms with E-state index in [1.807, 2.05) is 0 Å². The van der Waals surface area contributed by atoms with Crippen LogP contribution in [0.4, 0.5) is 0 Å². The van der Waals surface area contributed by atoms with Gasteiger partial charge in [0.1, 0.15) is 0 Å². The molecule has 0 aromatic rings. The fraction of sp³-hybridized carbons (Fsp3) is 0.909. The van der Waals surface area contributed by atoms with Crippen molar-refractivity contribution >= 4 is 22.0 Å². The number of carbonyl (C=O) groups excluding carboxylic acids is 1. The maximum Gasteiger partial charge on any atom is 0.305 e. The normalized spacial score (nSPS) is 12.6. The van der Waals surface area contributed by atoms with Crippen LogP contribution < -0.4 is 5.32 Å². The van der Waals surface area contributed by atoms with Crippen LogP contribution in [0.2, 0.25) is 0 Å². The van der Waals surface area contributed by atoms with E-state index in [0.29, 0.717) is 19.6 Å². The van der Waals surface area contributed by atoms with Crippen molar-refractivity contribution < 1.29 is 32.4 Å². The third-order valence-corrected chi connectivity index (χ3v) is 6.27. The molecule has 3 N–H and O–H groups in total. The lowest BCUT2D eigenvalue weighted by Gasteiger charge is -2.12. The highest BCUT2D eigenvalue weighted by molar-refractivity contribution is 7.87. The molecule has 1 amide bonds. The maximum absolute atomic E-state index is 11.7. The molecule has 0 radical (unpaired) electrons. The van der Waals surface area contributed by atoms with Gasteiger partial charge in [0.15, 0.2) is 5.25 Å². The molecule has 184 valence electrons. The minimum absolute atomic E-state index is 0.156. The van der Waals surface area contributed by atoms with Gasteiger partial charge in [-0.1, -0.05) is 84.0 Å². The quantitative estimate of drug-likeness (QED) is 0.160. The zero-order chi connectivity index (χ0) is 23.4. The summed E-state index contributed by atoms with van der Waals surface area (Å²) in [6, 6.07) is 0. The summed E-state index contributed by atoms with van der Waals surface area (Å²) < 4.78 is 36.7. The molecule has 1 atom stereocenters. The van der Waals surface area contributed by atoms with Crippen LogP contribution in [-0.4, -0.2) is 55.0 Å². The molecule has 1 unspecified atom stereocenters. The minimum Gasteiger partial charge on any atom is -0.481 e. The first-order chi connectivity index (χ1) is 14.8. The number of ether oxygens (including phenoxy) is 1. The van der Waals surface area contributed by atoms with Crippen molar-refractivity contribution in [1.29, 1.82) is 0 Å². The second-order valence-corrected chi connectivity index (χ2v) is 9.70. The van der Waals surface area contributed by atoms with Gasteiger partial charge in [0.05, 0.1) is 6.42 Å². The first-order valence-electron chi connectivity index (χ1n) is 11.8. The van der Waals surface area contributed by atoms with E-state index in [9.17, 15) is 18.0 Å². The summed E-state index contributed by atoms with van der Waals surface area (Å²) in [4.78, 5) is 22.4. The first kappa shape index (κ1) is 29.8. The molecule has 0 fully saturated rings. The Labute approximate surface area is 188 Å². The van der Waals surface area contributed by atoms with Gasteiger partial charge in [-0.2, -0.15) is 8.42 Å². The number of hydrogen-bond donors (Lipinski definition) is 3. The Morgan fingerprint density at radius 2 is 1.26 bits per heavy atom. The molecule has 0 aliphatic carbocycles. The minimum atomic E-state index is -4.76. The van der Waals surface area contributed by atoms with Crippen LogP contribution in [0, 0.1) is 0 Å². The van der Waals surface area contributed by atoms with Crippen molar-refractivity contribution in [3.63, 3.8) is 0 Å². The van der Waals surface area contributed by atoms with Crippen LogP contribution in [0.25, 0.3) is 0 Å². The second kappa shape index (κ2) is 19.5. The second-order valence-electron chi connectivity index (χ2n) is 8.10. The number of rotatable bonds is 22. The Morgan fingerprint density at radius 1 is 0.806 bits per heavy atom. The monoisotopic (exact) mass is 465 g/mol. The van der Waals surface area contributed by atoms with E-state index in [4.69, 9.17) is 14.4 Å². The molecule has 0 rings (SSSR count). The van der Waals surface area contributed by atoms with Crippen molar-refractivity contribution in [3.8, 4) is 0 Å². The molecule has 0 heterocycles. The number of carbonyl (C=O) groups is 2. The number of aliphatic carboxylic acids is 1. The Kier molecular flexibility index (Phi) is 18.7. The average Bonchev–Trinajstić information content (AvgIpc) is 2.70. The smallest absolute Gasteiger partial charge is 0.305 e. The van der Waals surface area contributed by atoms with Crippen LogP contribution in [0.5, 0.6) is 0 Å². The number of carboxylic acids is 1. The van der Waals surface area contributed by atoms with Gasteiger partial charge < -0.3 is 15.2 Å². The SMILES string of the molecule is CCCCCCCCCCCCCCCOCCCNC(=O)C(CC(=O)O)S(=O)(=O)O. The number of amides is 1. The lowest BCUT2D eigenvalue weighted by atomic mass is 10.0. The molecular formula is C22H43NO7S. The van der Waals surface area contributed by atoms with Gasteiger partial charge >= 0.3 is 5.97 Å². The Balaban J connectivity index is 3.46. The summed E-state index contributed by atoms with van der Waals surface area (Å²) in [6.45, 7) is 3.48. The standard InChI is InChI=1S/C22H43NO7S/c1-2-3-4-5-6-7-8-9-10-11-12-13-14-17-30-18-15-16-23-22(26)20(19-21(24)25)31(27,28)29/h20H,2-19H2,1H3,(H,23,26)(H,24,25)(H,27,28,29). The molecule has 9 heteroatoms. The number of hydrogen-bond acceptors (Lipinski definition) is 5. The van der Waals surface area contributed by atoms with Gasteiger partial charge in [-0.05, 0) is 12.8 Å². The number of carboxylic acid groups (broad SMARTS) is 1. The van der Waals surface area contributed by atoms with E-state index >= 15 is 0 Å². The molecule has 0 spiro atoms. The van der Waals surface area contributed by atoms with Crippen LogP contribution in [0.15, 0.2) is 0 Å². The molecule has 0 aliphatic rings. The van der Waals surface area contributed by atoms with Gasteiger partial charge in [-0.25, -0.2) is 0 Å². The van der Waals surface area contributed by atoms with Gasteiger partial charge in [0.2, 0.25) is 5.91 Å². The summed E-state index contributed by atoms with van der Waals surface area (Å²) in [5.74, 6) is -2.49. The van der Waals surface area contributed by atoms with E-state index in [1.54, 1.807) is 0 Å². The largest absolute Gasteiger partial charge is 0.481 e. The molecule has 0 saturated carbocycles.